The Morgan fingerprint density at radius 1 is 1.10 bits per heavy atom. The highest BCUT2D eigenvalue weighted by molar-refractivity contribution is 6.06. The first-order valence-corrected chi connectivity index (χ1v) is 5.85. The molecule has 0 bridgehead atoms. The molecule has 0 amide bonds. The Kier molecular flexibility index (Phi) is 4.07. The van der Waals surface area contributed by atoms with Crippen LogP contribution in [0.2, 0.25) is 0 Å². The number of rotatable bonds is 3. The van der Waals surface area contributed by atoms with Crippen molar-refractivity contribution in [1.82, 2.24) is 0 Å². The van der Waals surface area contributed by atoms with Crippen LogP contribution in [-0.2, 0) is 6.18 Å². The SMILES string of the molecule is O=C(C=Cc1ccc(C(F)(F)F)cc1)c1cccoc1=O. The summed E-state index contributed by atoms with van der Waals surface area (Å²) in [6.07, 6.45) is -0.816. The van der Waals surface area contributed by atoms with Crippen molar-refractivity contribution >= 4 is 11.9 Å². The predicted octanol–water partition coefficient (Wildman–Crippen LogP) is 3.55. The van der Waals surface area contributed by atoms with Gasteiger partial charge in [0.05, 0.1) is 11.8 Å². The minimum atomic E-state index is -4.40. The number of alkyl halides is 3. The van der Waals surface area contributed by atoms with E-state index in [9.17, 15) is 22.8 Å². The van der Waals surface area contributed by atoms with Crippen molar-refractivity contribution in [2.75, 3.05) is 0 Å². The van der Waals surface area contributed by atoms with Crippen LogP contribution in [0.3, 0.4) is 0 Å². The fraction of sp³-hybridized carbons (Fsp3) is 0.0667. The van der Waals surface area contributed by atoms with Crippen LogP contribution in [0.25, 0.3) is 6.08 Å². The van der Waals surface area contributed by atoms with Gasteiger partial charge in [-0.1, -0.05) is 18.2 Å². The van der Waals surface area contributed by atoms with Gasteiger partial charge in [-0.05, 0) is 35.9 Å². The molecule has 2 rings (SSSR count). The van der Waals surface area contributed by atoms with Gasteiger partial charge in [0.2, 0.25) is 0 Å². The van der Waals surface area contributed by atoms with Crippen LogP contribution in [0, 0.1) is 0 Å². The van der Waals surface area contributed by atoms with Crippen LogP contribution < -0.4 is 5.63 Å². The van der Waals surface area contributed by atoms with Crippen LogP contribution in [0.15, 0.2) is 57.9 Å². The fourth-order valence-electron chi connectivity index (χ4n) is 1.60. The Morgan fingerprint density at radius 2 is 1.76 bits per heavy atom. The molecule has 0 radical (unpaired) electrons. The fourth-order valence-corrected chi connectivity index (χ4v) is 1.60. The molecule has 0 saturated heterocycles. The number of halogens is 3. The van der Waals surface area contributed by atoms with Gasteiger partial charge in [-0.3, -0.25) is 4.79 Å². The minimum Gasteiger partial charge on any atom is -0.431 e. The van der Waals surface area contributed by atoms with Crippen LogP contribution in [0.4, 0.5) is 13.2 Å². The number of carbonyl (C=O) groups excluding carboxylic acids is 1. The van der Waals surface area contributed by atoms with Gasteiger partial charge >= 0.3 is 11.8 Å². The van der Waals surface area contributed by atoms with Crippen molar-refractivity contribution in [3.05, 3.63) is 75.8 Å². The largest absolute Gasteiger partial charge is 0.431 e. The number of allylic oxidation sites excluding steroid dienone is 1. The molecule has 0 aliphatic carbocycles. The van der Waals surface area contributed by atoms with Crippen molar-refractivity contribution in [2.45, 2.75) is 6.18 Å². The molecular formula is C15H9F3O3. The van der Waals surface area contributed by atoms with E-state index < -0.39 is 23.1 Å². The van der Waals surface area contributed by atoms with Gasteiger partial charge < -0.3 is 4.42 Å². The summed E-state index contributed by atoms with van der Waals surface area (Å²) < 4.78 is 41.7. The second-order valence-electron chi connectivity index (χ2n) is 4.13. The van der Waals surface area contributed by atoms with Crippen molar-refractivity contribution in [1.29, 1.82) is 0 Å². The monoisotopic (exact) mass is 294 g/mol. The van der Waals surface area contributed by atoms with E-state index in [2.05, 4.69) is 4.42 Å². The third-order valence-electron chi connectivity index (χ3n) is 2.67. The van der Waals surface area contributed by atoms with Gasteiger partial charge in [0.1, 0.15) is 5.56 Å². The summed E-state index contributed by atoms with van der Waals surface area (Å²) in [5, 5.41) is 0. The third-order valence-corrected chi connectivity index (χ3v) is 2.67. The Bertz CT molecular complexity index is 725. The Labute approximate surface area is 117 Å². The summed E-state index contributed by atoms with van der Waals surface area (Å²) in [5.41, 5.74) is -1.26. The number of carbonyl (C=O) groups is 1. The molecule has 1 heterocycles. The zero-order chi connectivity index (χ0) is 15.5. The maximum Gasteiger partial charge on any atom is 0.416 e. The summed E-state index contributed by atoms with van der Waals surface area (Å²) in [6.45, 7) is 0. The zero-order valence-electron chi connectivity index (χ0n) is 10.6. The lowest BCUT2D eigenvalue weighted by Crippen LogP contribution is -2.10. The summed E-state index contributed by atoms with van der Waals surface area (Å²) in [7, 11) is 0. The molecule has 0 aliphatic rings. The van der Waals surface area contributed by atoms with Gasteiger partial charge in [0.25, 0.3) is 0 Å². The lowest BCUT2D eigenvalue weighted by atomic mass is 10.1. The third kappa shape index (κ3) is 3.68. The minimum absolute atomic E-state index is 0.138. The summed E-state index contributed by atoms with van der Waals surface area (Å²) in [6, 6.07) is 7.02. The molecule has 0 N–H and O–H groups in total. The average molecular weight is 294 g/mol. The molecule has 1 aromatic carbocycles. The maximum absolute atomic E-state index is 12.4. The highest BCUT2D eigenvalue weighted by Gasteiger charge is 2.29. The number of ketones is 1. The van der Waals surface area contributed by atoms with Gasteiger partial charge in [0, 0.05) is 0 Å². The van der Waals surface area contributed by atoms with Crippen molar-refractivity contribution < 1.29 is 22.4 Å². The quantitative estimate of drug-likeness (QED) is 0.642. The van der Waals surface area contributed by atoms with Crippen LogP contribution in [0.5, 0.6) is 0 Å². The highest BCUT2D eigenvalue weighted by atomic mass is 19.4. The Morgan fingerprint density at radius 3 is 2.33 bits per heavy atom. The molecule has 21 heavy (non-hydrogen) atoms. The molecule has 0 atom stereocenters. The molecule has 2 aromatic rings. The predicted molar refractivity (Wildman–Crippen MR) is 69.8 cm³/mol. The van der Waals surface area contributed by atoms with Crippen LogP contribution in [-0.4, -0.2) is 5.78 Å². The molecule has 0 spiro atoms. The maximum atomic E-state index is 12.4. The van der Waals surface area contributed by atoms with Gasteiger partial charge in [-0.15, -0.1) is 0 Å². The molecule has 3 nitrogen and oxygen atoms in total. The van der Waals surface area contributed by atoms with Crippen molar-refractivity contribution in [3.63, 3.8) is 0 Å². The van der Waals surface area contributed by atoms with Crippen LogP contribution >= 0.6 is 0 Å². The highest BCUT2D eigenvalue weighted by Crippen LogP contribution is 2.29. The molecule has 6 heteroatoms. The first-order chi connectivity index (χ1) is 9.88. The molecule has 0 unspecified atom stereocenters. The summed E-state index contributed by atoms with van der Waals surface area (Å²) >= 11 is 0. The van der Waals surface area contributed by atoms with Crippen LogP contribution in [0.1, 0.15) is 21.5 Å². The zero-order valence-corrected chi connectivity index (χ0v) is 10.6. The number of benzene rings is 1. The lowest BCUT2D eigenvalue weighted by molar-refractivity contribution is -0.137. The van der Waals surface area contributed by atoms with E-state index in [1.54, 1.807) is 0 Å². The van der Waals surface area contributed by atoms with Gasteiger partial charge in [-0.25, -0.2) is 4.79 Å². The van der Waals surface area contributed by atoms with Crippen molar-refractivity contribution in [2.24, 2.45) is 0 Å². The summed E-state index contributed by atoms with van der Waals surface area (Å²) in [5.74, 6) is -0.579. The van der Waals surface area contributed by atoms with E-state index in [0.717, 1.165) is 24.5 Å². The standard InChI is InChI=1S/C15H9F3O3/c16-15(17,18)11-6-3-10(4-7-11)5-8-13(19)12-2-1-9-21-14(12)20/h1-9H. The molecular weight excluding hydrogens is 285 g/mol. The lowest BCUT2D eigenvalue weighted by Gasteiger charge is -2.05. The molecule has 0 aliphatic heterocycles. The Balaban J connectivity index is 2.17. The van der Waals surface area contributed by atoms with E-state index >= 15 is 0 Å². The van der Waals surface area contributed by atoms with Gasteiger partial charge in [-0.2, -0.15) is 13.2 Å². The summed E-state index contributed by atoms with van der Waals surface area (Å²) in [4.78, 5) is 23.0. The second kappa shape index (κ2) is 5.78. The van der Waals surface area contributed by atoms with E-state index in [4.69, 9.17) is 0 Å². The molecule has 108 valence electrons. The molecule has 0 saturated carbocycles. The number of hydrogen-bond acceptors (Lipinski definition) is 3. The number of hydrogen-bond donors (Lipinski definition) is 0. The average Bonchev–Trinajstić information content (AvgIpc) is 2.45. The van der Waals surface area contributed by atoms with E-state index in [1.165, 1.54) is 30.3 Å². The second-order valence-corrected chi connectivity index (χ2v) is 4.13. The topological polar surface area (TPSA) is 47.3 Å². The van der Waals surface area contributed by atoms with Crippen molar-refractivity contribution in [3.8, 4) is 0 Å². The molecule has 0 fully saturated rings. The first-order valence-electron chi connectivity index (χ1n) is 5.85. The van der Waals surface area contributed by atoms with E-state index in [-0.39, 0.29) is 5.56 Å². The normalized spacial score (nSPS) is 11.8. The smallest absolute Gasteiger partial charge is 0.416 e. The van der Waals surface area contributed by atoms with E-state index in [1.807, 2.05) is 0 Å². The van der Waals surface area contributed by atoms with E-state index in [0.29, 0.717) is 5.56 Å². The Hall–Kier alpha value is -2.63. The van der Waals surface area contributed by atoms with Gasteiger partial charge in [0.15, 0.2) is 5.78 Å². The molecule has 1 aromatic heterocycles. The first kappa shape index (κ1) is 14.8.